The third-order valence-corrected chi connectivity index (χ3v) is 2.84. The van der Waals surface area contributed by atoms with Gasteiger partial charge in [-0.15, -0.1) is 0 Å². The number of phenols is 1. The van der Waals surface area contributed by atoms with Gasteiger partial charge >= 0.3 is 0 Å². The molecule has 4 nitrogen and oxygen atoms in total. The maximum absolute atomic E-state index is 9.21. The van der Waals surface area contributed by atoms with Crippen molar-refractivity contribution in [1.82, 2.24) is 10.1 Å². The summed E-state index contributed by atoms with van der Waals surface area (Å²) in [7, 11) is 0. The zero-order valence-electron chi connectivity index (χ0n) is 10.6. The smallest absolute Gasteiger partial charge is 0.226 e. The zero-order chi connectivity index (χ0) is 12.8. The van der Waals surface area contributed by atoms with Crippen LogP contribution in [-0.4, -0.2) is 15.2 Å². The molecular formula is C14H18N2O2. The normalized spacial score (nSPS) is 10.7. The van der Waals surface area contributed by atoms with E-state index in [0.717, 1.165) is 18.4 Å². The second-order valence-electron chi connectivity index (χ2n) is 4.37. The predicted octanol–water partition coefficient (Wildman–Crippen LogP) is 3.57. The van der Waals surface area contributed by atoms with Gasteiger partial charge in [0.1, 0.15) is 5.75 Å². The molecule has 0 atom stereocenters. The molecule has 1 heterocycles. The lowest BCUT2D eigenvalue weighted by molar-refractivity contribution is 0.374. The Morgan fingerprint density at radius 3 is 2.61 bits per heavy atom. The highest BCUT2D eigenvalue weighted by atomic mass is 16.5. The number of phenolic OH excluding ortho intramolecular Hbond substituents is 1. The van der Waals surface area contributed by atoms with Crippen LogP contribution in [0.2, 0.25) is 0 Å². The van der Waals surface area contributed by atoms with Gasteiger partial charge in [0.25, 0.3) is 0 Å². The largest absolute Gasteiger partial charge is 0.508 e. The molecule has 0 fully saturated rings. The number of hydrogen-bond donors (Lipinski definition) is 1. The lowest BCUT2D eigenvalue weighted by Crippen LogP contribution is -1.86. The standard InChI is InChI=1S/C14H18N2O2/c1-2-3-4-5-6-13-15-14(16-18-13)11-7-9-12(17)10-8-11/h7-10,17H,2-6H2,1H3. The summed E-state index contributed by atoms with van der Waals surface area (Å²) >= 11 is 0. The van der Waals surface area contributed by atoms with Gasteiger partial charge in [0.2, 0.25) is 11.7 Å². The first-order chi connectivity index (χ1) is 8.79. The third kappa shape index (κ3) is 3.32. The molecule has 0 saturated heterocycles. The zero-order valence-corrected chi connectivity index (χ0v) is 10.6. The number of rotatable bonds is 6. The Hall–Kier alpha value is -1.84. The highest BCUT2D eigenvalue weighted by molar-refractivity contribution is 5.55. The van der Waals surface area contributed by atoms with Gasteiger partial charge in [-0.05, 0) is 30.7 Å². The van der Waals surface area contributed by atoms with Crippen LogP contribution in [-0.2, 0) is 6.42 Å². The Balaban J connectivity index is 1.95. The predicted molar refractivity (Wildman–Crippen MR) is 69.2 cm³/mol. The van der Waals surface area contributed by atoms with Crippen molar-refractivity contribution < 1.29 is 9.63 Å². The number of aromatic hydroxyl groups is 1. The van der Waals surface area contributed by atoms with Crippen molar-refractivity contribution in [2.75, 3.05) is 0 Å². The topological polar surface area (TPSA) is 59.2 Å². The minimum absolute atomic E-state index is 0.238. The first kappa shape index (κ1) is 12.6. The molecule has 96 valence electrons. The van der Waals surface area contributed by atoms with Crippen molar-refractivity contribution in [1.29, 1.82) is 0 Å². The number of aryl methyl sites for hydroxylation is 1. The molecule has 0 bridgehead atoms. The quantitative estimate of drug-likeness (QED) is 0.792. The van der Waals surface area contributed by atoms with Crippen LogP contribution in [0.3, 0.4) is 0 Å². The maximum atomic E-state index is 9.21. The molecular weight excluding hydrogens is 228 g/mol. The second kappa shape index (κ2) is 6.19. The van der Waals surface area contributed by atoms with Gasteiger partial charge in [-0.3, -0.25) is 0 Å². The molecule has 0 amide bonds. The van der Waals surface area contributed by atoms with E-state index in [2.05, 4.69) is 17.1 Å². The molecule has 0 spiro atoms. The van der Waals surface area contributed by atoms with E-state index >= 15 is 0 Å². The first-order valence-corrected chi connectivity index (χ1v) is 6.41. The molecule has 18 heavy (non-hydrogen) atoms. The average Bonchev–Trinajstić information content (AvgIpc) is 2.84. The van der Waals surface area contributed by atoms with Crippen molar-refractivity contribution in [2.24, 2.45) is 0 Å². The lowest BCUT2D eigenvalue weighted by atomic mass is 10.1. The summed E-state index contributed by atoms with van der Waals surface area (Å²) in [6, 6.07) is 6.79. The lowest BCUT2D eigenvalue weighted by Gasteiger charge is -1.95. The summed E-state index contributed by atoms with van der Waals surface area (Å²) in [5, 5.41) is 13.2. The minimum Gasteiger partial charge on any atom is -0.508 e. The molecule has 0 aliphatic rings. The van der Waals surface area contributed by atoms with E-state index in [0.29, 0.717) is 11.7 Å². The van der Waals surface area contributed by atoms with Crippen LogP contribution in [0, 0.1) is 0 Å². The maximum Gasteiger partial charge on any atom is 0.226 e. The molecule has 1 aromatic heterocycles. The highest BCUT2D eigenvalue weighted by Gasteiger charge is 2.08. The molecule has 2 aromatic rings. The summed E-state index contributed by atoms with van der Waals surface area (Å²) in [5.41, 5.74) is 0.858. The van der Waals surface area contributed by atoms with Crippen LogP contribution in [0.4, 0.5) is 0 Å². The Labute approximate surface area is 107 Å². The van der Waals surface area contributed by atoms with Crippen molar-refractivity contribution in [3.8, 4) is 17.1 Å². The highest BCUT2D eigenvalue weighted by Crippen LogP contribution is 2.19. The fourth-order valence-corrected chi connectivity index (χ4v) is 1.79. The van der Waals surface area contributed by atoms with E-state index in [9.17, 15) is 5.11 Å². The van der Waals surface area contributed by atoms with Gasteiger partial charge in [0, 0.05) is 12.0 Å². The number of hydrogen-bond acceptors (Lipinski definition) is 4. The molecule has 0 aliphatic carbocycles. The SMILES string of the molecule is CCCCCCc1nc(-c2ccc(O)cc2)no1. The first-order valence-electron chi connectivity index (χ1n) is 6.41. The van der Waals surface area contributed by atoms with Crippen molar-refractivity contribution >= 4 is 0 Å². The van der Waals surface area contributed by atoms with Gasteiger partial charge in [0.05, 0.1) is 0 Å². The molecule has 0 aliphatic heterocycles. The molecule has 0 saturated carbocycles. The summed E-state index contributed by atoms with van der Waals surface area (Å²) < 4.78 is 5.21. The summed E-state index contributed by atoms with van der Waals surface area (Å²) in [4.78, 5) is 4.35. The molecule has 0 unspecified atom stereocenters. The van der Waals surface area contributed by atoms with Crippen molar-refractivity contribution in [3.63, 3.8) is 0 Å². The van der Waals surface area contributed by atoms with E-state index < -0.39 is 0 Å². The van der Waals surface area contributed by atoms with E-state index in [1.807, 2.05) is 0 Å². The van der Waals surface area contributed by atoms with Crippen molar-refractivity contribution in [3.05, 3.63) is 30.2 Å². The Morgan fingerprint density at radius 1 is 1.11 bits per heavy atom. The molecule has 0 radical (unpaired) electrons. The van der Waals surface area contributed by atoms with Crippen LogP contribution in [0.15, 0.2) is 28.8 Å². The van der Waals surface area contributed by atoms with E-state index in [1.54, 1.807) is 24.3 Å². The average molecular weight is 246 g/mol. The fraction of sp³-hybridized carbons (Fsp3) is 0.429. The van der Waals surface area contributed by atoms with E-state index in [-0.39, 0.29) is 5.75 Å². The summed E-state index contributed by atoms with van der Waals surface area (Å²) in [6.07, 6.45) is 5.60. The second-order valence-corrected chi connectivity index (χ2v) is 4.37. The van der Waals surface area contributed by atoms with Gasteiger partial charge in [-0.1, -0.05) is 31.3 Å². The van der Waals surface area contributed by atoms with Gasteiger partial charge in [0.15, 0.2) is 0 Å². The van der Waals surface area contributed by atoms with Gasteiger partial charge in [-0.25, -0.2) is 0 Å². The minimum atomic E-state index is 0.238. The summed E-state index contributed by atoms with van der Waals surface area (Å²) in [6.45, 7) is 2.19. The Kier molecular flexibility index (Phi) is 4.34. The monoisotopic (exact) mass is 246 g/mol. The molecule has 4 heteroatoms. The Bertz CT molecular complexity index is 477. The molecule has 1 aromatic carbocycles. The molecule has 1 N–H and O–H groups in total. The Morgan fingerprint density at radius 2 is 1.89 bits per heavy atom. The van der Waals surface area contributed by atoms with Crippen LogP contribution in [0.1, 0.15) is 38.5 Å². The van der Waals surface area contributed by atoms with Gasteiger partial charge < -0.3 is 9.63 Å². The van der Waals surface area contributed by atoms with Crippen LogP contribution in [0.25, 0.3) is 11.4 Å². The van der Waals surface area contributed by atoms with Crippen molar-refractivity contribution in [2.45, 2.75) is 39.0 Å². The van der Waals surface area contributed by atoms with E-state index in [1.165, 1.54) is 19.3 Å². The van der Waals surface area contributed by atoms with Crippen LogP contribution >= 0.6 is 0 Å². The third-order valence-electron chi connectivity index (χ3n) is 2.84. The van der Waals surface area contributed by atoms with Crippen LogP contribution < -0.4 is 0 Å². The number of nitrogens with zero attached hydrogens (tertiary/aromatic N) is 2. The fourth-order valence-electron chi connectivity index (χ4n) is 1.79. The van der Waals surface area contributed by atoms with Gasteiger partial charge in [-0.2, -0.15) is 4.98 Å². The number of benzene rings is 1. The molecule has 2 rings (SSSR count). The number of unbranched alkanes of at least 4 members (excludes halogenated alkanes) is 3. The summed E-state index contributed by atoms with van der Waals surface area (Å²) in [5.74, 6) is 1.51. The number of aromatic nitrogens is 2. The van der Waals surface area contributed by atoms with Crippen LogP contribution in [0.5, 0.6) is 5.75 Å². The van der Waals surface area contributed by atoms with E-state index in [4.69, 9.17) is 4.52 Å².